The van der Waals surface area contributed by atoms with E-state index >= 15 is 0 Å². The number of rotatable bonds is 5. The number of carbonyl (C=O) groups excluding carboxylic acids is 1. The molecule has 5 nitrogen and oxygen atoms in total. The van der Waals surface area contributed by atoms with Crippen molar-refractivity contribution in [2.75, 3.05) is 26.5 Å². The summed E-state index contributed by atoms with van der Waals surface area (Å²) in [5, 5.41) is 2.89. The topological polar surface area (TPSA) is 73.6 Å². The number of nitrogen functional groups attached to an aromatic ring is 1. The van der Waals surface area contributed by atoms with Crippen LogP contribution in [0, 0.1) is 0 Å². The van der Waals surface area contributed by atoms with Crippen molar-refractivity contribution >= 4 is 11.6 Å². The highest BCUT2D eigenvalue weighted by molar-refractivity contribution is 6.00. The normalized spacial score (nSPS) is 16.5. The first-order chi connectivity index (χ1) is 9.12. The van der Waals surface area contributed by atoms with Gasteiger partial charge in [-0.2, -0.15) is 0 Å². The summed E-state index contributed by atoms with van der Waals surface area (Å²) in [5.74, 6) is 0.317. The van der Waals surface area contributed by atoms with Gasteiger partial charge in [0.05, 0.1) is 24.0 Å². The van der Waals surface area contributed by atoms with E-state index in [0.29, 0.717) is 23.5 Å². The van der Waals surface area contributed by atoms with Crippen LogP contribution in [0.25, 0.3) is 0 Å². The predicted octanol–water partition coefficient (Wildman–Crippen LogP) is 1.58. The smallest absolute Gasteiger partial charge is 0.253 e. The van der Waals surface area contributed by atoms with Crippen LogP contribution in [0.3, 0.4) is 0 Å². The Morgan fingerprint density at radius 3 is 2.68 bits per heavy atom. The average molecular weight is 264 g/mol. The van der Waals surface area contributed by atoms with E-state index in [4.69, 9.17) is 15.2 Å². The third kappa shape index (κ3) is 2.66. The van der Waals surface area contributed by atoms with E-state index in [0.717, 1.165) is 19.3 Å². The lowest BCUT2D eigenvalue weighted by Crippen LogP contribution is -2.49. The van der Waals surface area contributed by atoms with Gasteiger partial charge in [-0.25, -0.2) is 0 Å². The number of amides is 1. The van der Waals surface area contributed by atoms with Crippen LogP contribution in [0.15, 0.2) is 18.2 Å². The molecular weight excluding hydrogens is 244 g/mol. The van der Waals surface area contributed by atoms with Gasteiger partial charge in [-0.15, -0.1) is 0 Å². The third-order valence-electron chi connectivity index (χ3n) is 3.80. The molecule has 0 saturated heterocycles. The largest absolute Gasteiger partial charge is 0.495 e. The summed E-state index contributed by atoms with van der Waals surface area (Å²) in [6, 6.07) is 5.17. The Morgan fingerprint density at radius 2 is 2.16 bits per heavy atom. The Bertz CT molecular complexity index is 464. The van der Waals surface area contributed by atoms with Gasteiger partial charge in [-0.05, 0) is 31.4 Å². The molecule has 0 bridgehead atoms. The van der Waals surface area contributed by atoms with Gasteiger partial charge in [0.25, 0.3) is 5.91 Å². The minimum absolute atomic E-state index is 0.191. The van der Waals surface area contributed by atoms with Crippen molar-refractivity contribution in [1.29, 1.82) is 0 Å². The molecule has 2 rings (SSSR count). The first-order valence-electron chi connectivity index (χ1n) is 6.38. The lowest BCUT2D eigenvalue weighted by atomic mass is 9.80. The molecule has 1 amide bonds. The number of para-hydroxylation sites is 1. The van der Waals surface area contributed by atoms with Crippen LogP contribution in [-0.2, 0) is 4.74 Å². The molecule has 0 spiro atoms. The molecule has 1 fully saturated rings. The fourth-order valence-corrected chi connectivity index (χ4v) is 2.28. The molecule has 1 saturated carbocycles. The van der Waals surface area contributed by atoms with Crippen LogP contribution >= 0.6 is 0 Å². The summed E-state index contributed by atoms with van der Waals surface area (Å²) in [4.78, 5) is 12.1. The van der Waals surface area contributed by atoms with Crippen molar-refractivity contribution in [3.63, 3.8) is 0 Å². The van der Waals surface area contributed by atoms with Crippen molar-refractivity contribution < 1.29 is 14.3 Å². The van der Waals surface area contributed by atoms with E-state index in [1.54, 1.807) is 25.3 Å². The lowest BCUT2D eigenvalue weighted by Gasteiger charge is -2.40. The maximum absolute atomic E-state index is 12.1. The van der Waals surface area contributed by atoms with Crippen LogP contribution < -0.4 is 15.8 Å². The number of carbonyl (C=O) groups is 1. The molecule has 3 N–H and O–H groups in total. The first kappa shape index (κ1) is 13.7. The SMILES string of the molecule is COc1cccc(C(=O)NCC2(OC)CCC2)c1N. The van der Waals surface area contributed by atoms with Gasteiger partial charge in [0.1, 0.15) is 5.75 Å². The molecule has 5 heteroatoms. The van der Waals surface area contributed by atoms with Gasteiger partial charge in [0, 0.05) is 13.7 Å². The van der Waals surface area contributed by atoms with Gasteiger partial charge in [0.15, 0.2) is 0 Å². The Balaban J connectivity index is 2.04. The summed E-state index contributed by atoms with van der Waals surface area (Å²) >= 11 is 0. The van der Waals surface area contributed by atoms with Crippen molar-refractivity contribution in [2.24, 2.45) is 0 Å². The standard InChI is InChI=1S/C14H20N2O3/c1-18-11-6-3-5-10(12(11)15)13(17)16-9-14(19-2)7-4-8-14/h3,5-6H,4,7-9,15H2,1-2H3,(H,16,17). The van der Waals surface area contributed by atoms with Crippen LogP contribution in [0.4, 0.5) is 5.69 Å². The van der Waals surface area contributed by atoms with Gasteiger partial charge in [0.2, 0.25) is 0 Å². The molecule has 19 heavy (non-hydrogen) atoms. The average Bonchev–Trinajstić information content (AvgIpc) is 2.38. The van der Waals surface area contributed by atoms with Crippen LogP contribution in [0.5, 0.6) is 5.75 Å². The molecule has 1 aliphatic rings. The zero-order valence-corrected chi connectivity index (χ0v) is 11.4. The summed E-state index contributed by atoms with van der Waals surface area (Å²) in [7, 11) is 3.22. The lowest BCUT2D eigenvalue weighted by molar-refractivity contribution is -0.0679. The molecule has 0 aliphatic heterocycles. The fourth-order valence-electron chi connectivity index (χ4n) is 2.28. The van der Waals surface area contributed by atoms with Gasteiger partial charge >= 0.3 is 0 Å². The summed E-state index contributed by atoms with van der Waals surface area (Å²) in [6.07, 6.45) is 3.11. The zero-order chi connectivity index (χ0) is 13.9. The highest BCUT2D eigenvalue weighted by Gasteiger charge is 2.37. The number of methoxy groups -OCH3 is 2. The number of hydrogen-bond donors (Lipinski definition) is 2. The molecule has 1 aromatic rings. The molecular formula is C14H20N2O3. The zero-order valence-electron chi connectivity index (χ0n) is 11.4. The molecule has 104 valence electrons. The highest BCUT2D eigenvalue weighted by atomic mass is 16.5. The van der Waals surface area contributed by atoms with Gasteiger partial charge in [-0.3, -0.25) is 4.79 Å². The van der Waals surface area contributed by atoms with Gasteiger partial charge < -0.3 is 20.5 Å². The molecule has 0 unspecified atom stereocenters. The Kier molecular flexibility index (Phi) is 3.95. The second-order valence-electron chi connectivity index (χ2n) is 4.84. The van der Waals surface area contributed by atoms with E-state index < -0.39 is 0 Å². The minimum Gasteiger partial charge on any atom is -0.495 e. The maximum Gasteiger partial charge on any atom is 0.253 e. The number of benzene rings is 1. The molecule has 0 radical (unpaired) electrons. The van der Waals surface area contributed by atoms with Crippen LogP contribution in [-0.4, -0.2) is 32.3 Å². The van der Waals surface area contributed by atoms with Crippen molar-refractivity contribution in [3.8, 4) is 5.75 Å². The predicted molar refractivity (Wildman–Crippen MR) is 73.3 cm³/mol. The molecule has 0 aromatic heterocycles. The van der Waals surface area contributed by atoms with Crippen LogP contribution in [0.2, 0.25) is 0 Å². The number of hydrogen-bond acceptors (Lipinski definition) is 4. The maximum atomic E-state index is 12.1. The molecule has 0 heterocycles. The number of anilines is 1. The number of nitrogens with one attached hydrogen (secondary N) is 1. The van der Waals surface area contributed by atoms with Crippen molar-refractivity contribution in [3.05, 3.63) is 23.8 Å². The van der Waals surface area contributed by atoms with E-state index in [1.165, 1.54) is 7.11 Å². The second-order valence-corrected chi connectivity index (χ2v) is 4.84. The van der Waals surface area contributed by atoms with Crippen LogP contribution in [0.1, 0.15) is 29.6 Å². The van der Waals surface area contributed by atoms with Crippen molar-refractivity contribution in [1.82, 2.24) is 5.32 Å². The number of nitrogens with two attached hydrogens (primary N) is 1. The van der Waals surface area contributed by atoms with Crippen molar-refractivity contribution in [2.45, 2.75) is 24.9 Å². The highest BCUT2D eigenvalue weighted by Crippen LogP contribution is 2.34. The Morgan fingerprint density at radius 1 is 1.42 bits per heavy atom. The summed E-state index contributed by atoms with van der Waals surface area (Å²) in [6.45, 7) is 0.513. The molecule has 1 aromatic carbocycles. The minimum atomic E-state index is -0.195. The van der Waals surface area contributed by atoms with E-state index in [9.17, 15) is 4.79 Å². The fraction of sp³-hybridized carbons (Fsp3) is 0.500. The van der Waals surface area contributed by atoms with Gasteiger partial charge in [-0.1, -0.05) is 6.07 Å². The number of ether oxygens (including phenoxy) is 2. The molecule has 1 aliphatic carbocycles. The summed E-state index contributed by atoms with van der Waals surface area (Å²) in [5.41, 5.74) is 6.50. The van der Waals surface area contributed by atoms with E-state index in [1.807, 2.05) is 0 Å². The third-order valence-corrected chi connectivity index (χ3v) is 3.80. The van der Waals surface area contributed by atoms with E-state index in [-0.39, 0.29) is 11.5 Å². The summed E-state index contributed by atoms with van der Waals surface area (Å²) < 4.78 is 10.6. The van der Waals surface area contributed by atoms with E-state index in [2.05, 4.69) is 5.32 Å². The Hall–Kier alpha value is -1.75. The Labute approximate surface area is 113 Å². The second kappa shape index (κ2) is 5.48. The quantitative estimate of drug-likeness (QED) is 0.792. The first-order valence-corrected chi connectivity index (χ1v) is 6.38. The molecule has 0 atom stereocenters. The monoisotopic (exact) mass is 264 g/mol.